The lowest BCUT2D eigenvalue weighted by atomic mass is 9.90. The van der Waals surface area contributed by atoms with E-state index in [2.05, 4.69) is 30.4 Å². The van der Waals surface area contributed by atoms with Crippen LogP contribution in [0, 0.1) is 0 Å². The molecule has 0 unspecified atom stereocenters. The number of nitrogens with zero attached hydrogens (tertiary/aromatic N) is 1. The maximum absolute atomic E-state index is 13.1. The van der Waals surface area contributed by atoms with Crippen molar-refractivity contribution < 1.29 is 4.79 Å². The van der Waals surface area contributed by atoms with Gasteiger partial charge in [-0.1, -0.05) is 54.6 Å². The molecule has 3 nitrogen and oxygen atoms in total. The molecule has 2 atom stereocenters. The average molecular weight is 342 g/mol. The van der Waals surface area contributed by atoms with Crippen LogP contribution in [0.15, 0.2) is 84.9 Å². The second-order valence-electron chi connectivity index (χ2n) is 6.75. The van der Waals surface area contributed by atoms with Crippen molar-refractivity contribution in [1.82, 2.24) is 0 Å². The van der Waals surface area contributed by atoms with E-state index in [4.69, 9.17) is 0 Å². The molecule has 0 bridgehead atoms. The molecule has 1 amide bonds. The van der Waals surface area contributed by atoms with Crippen molar-refractivity contribution in [2.75, 3.05) is 10.2 Å². The molecule has 1 aliphatic rings. The highest BCUT2D eigenvalue weighted by Crippen LogP contribution is 2.39. The summed E-state index contributed by atoms with van der Waals surface area (Å²) >= 11 is 0. The van der Waals surface area contributed by atoms with E-state index in [1.54, 1.807) is 0 Å². The molecule has 0 aliphatic carbocycles. The van der Waals surface area contributed by atoms with Gasteiger partial charge in [0.25, 0.3) is 5.91 Å². The summed E-state index contributed by atoms with van der Waals surface area (Å²) in [6.07, 6.45) is 0.866. The van der Waals surface area contributed by atoms with Crippen LogP contribution in [0.2, 0.25) is 0 Å². The van der Waals surface area contributed by atoms with Gasteiger partial charge >= 0.3 is 0 Å². The molecule has 3 heteroatoms. The van der Waals surface area contributed by atoms with Crippen molar-refractivity contribution in [1.29, 1.82) is 0 Å². The highest BCUT2D eigenvalue weighted by Gasteiger charge is 2.33. The molecule has 3 aromatic carbocycles. The zero-order valence-corrected chi connectivity index (χ0v) is 14.8. The van der Waals surface area contributed by atoms with Crippen LogP contribution in [-0.4, -0.2) is 11.9 Å². The Labute approximate surface area is 154 Å². The number of fused-ring (bicyclic) bond motifs is 1. The zero-order chi connectivity index (χ0) is 17.9. The summed E-state index contributed by atoms with van der Waals surface area (Å²) in [5, 5.41) is 3.63. The highest BCUT2D eigenvalue weighted by molar-refractivity contribution is 6.07. The van der Waals surface area contributed by atoms with Crippen LogP contribution >= 0.6 is 0 Å². The van der Waals surface area contributed by atoms with Crippen LogP contribution < -0.4 is 10.2 Å². The summed E-state index contributed by atoms with van der Waals surface area (Å²) in [4.78, 5) is 15.1. The van der Waals surface area contributed by atoms with Crippen LogP contribution in [0.25, 0.3) is 0 Å². The van der Waals surface area contributed by atoms with Gasteiger partial charge < -0.3 is 10.2 Å². The Hall–Kier alpha value is -3.07. The SMILES string of the molecule is C[C@@H]1C[C@H](Nc2ccccc2)c2ccccc2N1C(=O)c1ccccc1. The van der Waals surface area contributed by atoms with Crippen molar-refractivity contribution in [3.63, 3.8) is 0 Å². The number of para-hydroxylation sites is 2. The van der Waals surface area contributed by atoms with Crippen molar-refractivity contribution in [2.24, 2.45) is 0 Å². The van der Waals surface area contributed by atoms with Crippen molar-refractivity contribution in [3.05, 3.63) is 96.1 Å². The van der Waals surface area contributed by atoms with Gasteiger partial charge in [0.05, 0.1) is 6.04 Å². The predicted octanol–water partition coefficient (Wildman–Crippen LogP) is 5.28. The Morgan fingerprint density at radius 3 is 2.23 bits per heavy atom. The number of benzene rings is 3. The third-order valence-corrected chi connectivity index (χ3v) is 4.94. The lowest BCUT2D eigenvalue weighted by Crippen LogP contribution is -2.44. The first-order valence-corrected chi connectivity index (χ1v) is 9.03. The first kappa shape index (κ1) is 16.4. The second-order valence-corrected chi connectivity index (χ2v) is 6.75. The molecule has 4 rings (SSSR count). The first-order valence-electron chi connectivity index (χ1n) is 9.03. The maximum atomic E-state index is 13.1. The van der Waals surface area contributed by atoms with Crippen LogP contribution in [0.5, 0.6) is 0 Å². The molecule has 3 aromatic rings. The van der Waals surface area contributed by atoms with Crippen LogP contribution in [-0.2, 0) is 0 Å². The van der Waals surface area contributed by atoms with Gasteiger partial charge in [-0.3, -0.25) is 4.79 Å². The molecular formula is C23H22N2O. The van der Waals surface area contributed by atoms with Gasteiger partial charge in [-0.25, -0.2) is 0 Å². The minimum Gasteiger partial charge on any atom is -0.378 e. The topological polar surface area (TPSA) is 32.3 Å². The van der Waals surface area contributed by atoms with Gasteiger partial charge in [-0.15, -0.1) is 0 Å². The summed E-state index contributed by atoms with van der Waals surface area (Å²) in [5.74, 6) is 0.0590. The van der Waals surface area contributed by atoms with Gasteiger partial charge in [0, 0.05) is 23.0 Å². The smallest absolute Gasteiger partial charge is 0.258 e. The lowest BCUT2D eigenvalue weighted by molar-refractivity contribution is 0.0974. The standard InChI is InChI=1S/C23H22N2O/c1-17-16-21(24-19-12-6-3-7-13-19)20-14-8-9-15-22(20)25(17)23(26)18-10-4-2-5-11-18/h2-15,17,21,24H,16H2,1H3/t17-,21+/m1/s1. The molecule has 0 fully saturated rings. The molecule has 130 valence electrons. The van der Waals surface area contributed by atoms with E-state index in [1.807, 2.05) is 71.6 Å². The summed E-state index contributed by atoms with van der Waals surface area (Å²) in [7, 11) is 0. The van der Waals surface area contributed by atoms with Gasteiger partial charge in [0.2, 0.25) is 0 Å². The number of hydrogen-bond acceptors (Lipinski definition) is 2. The Bertz CT molecular complexity index is 892. The number of hydrogen-bond donors (Lipinski definition) is 1. The fourth-order valence-electron chi connectivity index (χ4n) is 3.71. The second kappa shape index (κ2) is 7.04. The molecule has 1 heterocycles. The number of rotatable bonds is 3. The Morgan fingerprint density at radius 1 is 0.885 bits per heavy atom. The van der Waals surface area contributed by atoms with E-state index in [-0.39, 0.29) is 18.0 Å². The average Bonchev–Trinajstić information content (AvgIpc) is 2.69. The van der Waals surface area contributed by atoms with E-state index in [0.29, 0.717) is 0 Å². The third kappa shape index (κ3) is 3.08. The summed E-state index contributed by atoms with van der Waals surface area (Å²) in [6.45, 7) is 2.12. The Balaban J connectivity index is 1.69. The predicted molar refractivity (Wildman–Crippen MR) is 107 cm³/mol. The van der Waals surface area contributed by atoms with E-state index in [0.717, 1.165) is 23.4 Å². The van der Waals surface area contributed by atoms with Gasteiger partial charge in [-0.2, -0.15) is 0 Å². The molecule has 1 N–H and O–H groups in total. The number of nitrogens with one attached hydrogen (secondary N) is 1. The van der Waals surface area contributed by atoms with E-state index in [9.17, 15) is 4.79 Å². The summed E-state index contributed by atoms with van der Waals surface area (Å²) < 4.78 is 0. The molecule has 26 heavy (non-hydrogen) atoms. The Kier molecular flexibility index (Phi) is 4.44. The quantitative estimate of drug-likeness (QED) is 0.702. The maximum Gasteiger partial charge on any atom is 0.258 e. The molecule has 0 spiro atoms. The Morgan fingerprint density at radius 2 is 1.50 bits per heavy atom. The van der Waals surface area contributed by atoms with Gasteiger partial charge in [0.15, 0.2) is 0 Å². The molecule has 0 saturated carbocycles. The number of carbonyl (C=O) groups is 1. The monoisotopic (exact) mass is 342 g/mol. The fourth-order valence-corrected chi connectivity index (χ4v) is 3.71. The highest BCUT2D eigenvalue weighted by atomic mass is 16.2. The minimum atomic E-state index is 0.0590. The normalized spacial score (nSPS) is 18.9. The molecule has 0 aromatic heterocycles. The van der Waals surface area contributed by atoms with E-state index >= 15 is 0 Å². The van der Waals surface area contributed by atoms with Crippen LogP contribution in [0.1, 0.15) is 35.3 Å². The van der Waals surface area contributed by atoms with Crippen molar-refractivity contribution >= 4 is 17.3 Å². The zero-order valence-electron chi connectivity index (χ0n) is 14.8. The number of carbonyl (C=O) groups excluding carboxylic acids is 1. The van der Waals surface area contributed by atoms with Gasteiger partial charge in [-0.05, 0) is 49.2 Å². The van der Waals surface area contributed by atoms with E-state index in [1.165, 1.54) is 5.56 Å². The molecule has 1 aliphatic heterocycles. The van der Waals surface area contributed by atoms with Gasteiger partial charge in [0.1, 0.15) is 0 Å². The van der Waals surface area contributed by atoms with Crippen molar-refractivity contribution in [3.8, 4) is 0 Å². The first-order chi connectivity index (χ1) is 12.7. The summed E-state index contributed by atoms with van der Waals surface area (Å²) in [5.41, 5.74) is 3.98. The van der Waals surface area contributed by atoms with E-state index < -0.39 is 0 Å². The van der Waals surface area contributed by atoms with Crippen LogP contribution in [0.4, 0.5) is 11.4 Å². The molecule has 0 radical (unpaired) electrons. The summed E-state index contributed by atoms with van der Waals surface area (Å²) in [6, 6.07) is 28.3. The fraction of sp³-hybridized carbons (Fsp3) is 0.174. The molecule has 0 saturated heterocycles. The van der Waals surface area contributed by atoms with Crippen LogP contribution in [0.3, 0.4) is 0 Å². The lowest BCUT2D eigenvalue weighted by Gasteiger charge is -2.40. The largest absolute Gasteiger partial charge is 0.378 e. The third-order valence-electron chi connectivity index (χ3n) is 4.94. The number of amides is 1. The van der Waals surface area contributed by atoms with Crippen molar-refractivity contribution in [2.45, 2.75) is 25.4 Å². The molecular weight excluding hydrogens is 320 g/mol. The number of anilines is 2. The minimum absolute atomic E-state index is 0.0590.